The van der Waals surface area contributed by atoms with Crippen molar-refractivity contribution in [3.63, 3.8) is 0 Å². The normalized spacial score (nSPS) is 11.8. The van der Waals surface area contributed by atoms with Gasteiger partial charge in [0.05, 0.1) is 17.6 Å². The summed E-state index contributed by atoms with van der Waals surface area (Å²) in [4.78, 5) is 21.4. The van der Waals surface area contributed by atoms with Crippen LogP contribution in [0.5, 0.6) is 0 Å². The van der Waals surface area contributed by atoms with Gasteiger partial charge in [-0.3, -0.25) is 0 Å². The second kappa shape index (κ2) is 9.47. The van der Waals surface area contributed by atoms with Crippen LogP contribution in [0.15, 0.2) is 77.3 Å². The maximum Gasteiger partial charge on any atom is 0.326 e. The Balaban J connectivity index is 1.66. The summed E-state index contributed by atoms with van der Waals surface area (Å²) in [6, 6.07) is 20.7. The number of hydrogen-bond donors (Lipinski definition) is 2. The molecule has 0 saturated heterocycles. The number of rotatable bonds is 8. The quantitative estimate of drug-likeness (QED) is 0.409. The Kier molecular flexibility index (Phi) is 6.31. The van der Waals surface area contributed by atoms with Crippen molar-refractivity contribution in [3.05, 3.63) is 101 Å². The smallest absolute Gasteiger partial charge is 0.326 e. The SMILES string of the molecule is Cc1cc(CC(Nc2ncc(-c3ccccc3)nc2Cc2ccccc2)C(=O)O)oc1C. The van der Waals surface area contributed by atoms with Gasteiger partial charge in [-0.05, 0) is 31.0 Å². The van der Waals surface area contributed by atoms with Crippen LogP contribution in [-0.4, -0.2) is 27.1 Å². The zero-order valence-corrected chi connectivity index (χ0v) is 18.1. The second-order valence-corrected chi connectivity index (χ2v) is 7.77. The fourth-order valence-electron chi connectivity index (χ4n) is 3.53. The van der Waals surface area contributed by atoms with Gasteiger partial charge in [0.15, 0.2) is 0 Å². The summed E-state index contributed by atoms with van der Waals surface area (Å²) in [6.45, 7) is 3.81. The Morgan fingerprint density at radius 2 is 1.75 bits per heavy atom. The van der Waals surface area contributed by atoms with Crippen molar-refractivity contribution in [3.8, 4) is 11.3 Å². The number of carboxylic acid groups (broad SMARTS) is 1. The van der Waals surface area contributed by atoms with Crippen molar-refractivity contribution in [2.24, 2.45) is 0 Å². The Labute approximate surface area is 187 Å². The molecular weight excluding hydrogens is 402 g/mol. The Hall–Kier alpha value is -3.93. The fourth-order valence-corrected chi connectivity index (χ4v) is 3.53. The number of anilines is 1. The molecule has 0 aliphatic rings. The number of hydrogen-bond acceptors (Lipinski definition) is 5. The monoisotopic (exact) mass is 427 g/mol. The average Bonchev–Trinajstić information content (AvgIpc) is 3.12. The van der Waals surface area contributed by atoms with E-state index in [-0.39, 0.29) is 6.42 Å². The van der Waals surface area contributed by atoms with E-state index in [1.54, 1.807) is 6.20 Å². The first-order valence-corrected chi connectivity index (χ1v) is 10.5. The minimum atomic E-state index is -0.976. The predicted octanol–water partition coefficient (Wildman–Crippen LogP) is 5.05. The number of furan rings is 1. The standard InChI is InChI=1S/C26H25N3O3/c1-17-13-21(32-18(17)2)15-23(26(30)31)29-25-22(14-19-9-5-3-6-10-19)28-24(16-27-25)20-11-7-4-8-12-20/h3-13,16,23H,14-15H2,1-2H3,(H,27,29)(H,30,31). The van der Waals surface area contributed by atoms with Gasteiger partial charge >= 0.3 is 5.97 Å². The van der Waals surface area contributed by atoms with Gasteiger partial charge in [-0.25, -0.2) is 14.8 Å². The minimum absolute atomic E-state index is 0.205. The number of carbonyl (C=O) groups is 1. The fraction of sp³-hybridized carbons (Fsp3) is 0.192. The van der Waals surface area contributed by atoms with E-state index in [9.17, 15) is 9.90 Å². The van der Waals surface area contributed by atoms with Crippen LogP contribution in [-0.2, 0) is 17.6 Å². The third-order valence-corrected chi connectivity index (χ3v) is 5.36. The summed E-state index contributed by atoms with van der Waals surface area (Å²) in [5, 5.41) is 12.9. The highest BCUT2D eigenvalue weighted by Crippen LogP contribution is 2.23. The molecule has 2 N–H and O–H groups in total. The molecule has 0 aliphatic heterocycles. The van der Waals surface area contributed by atoms with E-state index in [4.69, 9.17) is 9.40 Å². The molecule has 0 saturated carbocycles. The summed E-state index contributed by atoms with van der Waals surface area (Å²) >= 11 is 0. The Bertz CT molecular complexity index is 1180. The van der Waals surface area contributed by atoms with E-state index in [0.29, 0.717) is 23.7 Å². The lowest BCUT2D eigenvalue weighted by Crippen LogP contribution is -2.32. The van der Waals surface area contributed by atoms with E-state index in [1.807, 2.05) is 80.6 Å². The molecule has 1 unspecified atom stereocenters. The summed E-state index contributed by atoms with van der Waals surface area (Å²) in [5.41, 5.74) is 4.46. The van der Waals surface area contributed by atoms with Gasteiger partial charge in [-0.15, -0.1) is 0 Å². The summed E-state index contributed by atoms with van der Waals surface area (Å²) in [6.07, 6.45) is 2.41. The molecule has 0 radical (unpaired) electrons. The maximum absolute atomic E-state index is 12.0. The molecule has 162 valence electrons. The van der Waals surface area contributed by atoms with E-state index in [2.05, 4.69) is 10.3 Å². The molecule has 0 aliphatic carbocycles. The largest absolute Gasteiger partial charge is 0.480 e. The van der Waals surface area contributed by atoms with Crippen molar-refractivity contribution in [1.29, 1.82) is 0 Å². The van der Waals surface area contributed by atoms with Crippen LogP contribution in [0.1, 0.15) is 28.3 Å². The van der Waals surface area contributed by atoms with Gasteiger partial charge in [-0.1, -0.05) is 60.7 Å². The molecule has 32 heavy (non-hydrogen) atoms. The zero-order chi connectivity index (χ0) is 22.5. The van der Waals surface area contributed by atoms with Crippen LogP contribution in [0.4, 0.5) is 5.82 Å². The minimum Gasteiger partial charge on any atom is -0.480 e. The van der Waals surface area contributed by atoms with E-state index in [1.165, 1.54) is 0 Å². The predicted molar refractivity (Wildman–Crippen MR) is 124 cm³/mol. The first-order chi connectivity index (χ1) is 15.5. The number of benzene rings is 2. The van der Waals surface area contributed by atoms with Gasteiger partial charge in [0.25, 0.3) is 0 Å². The third-order valence-electron chi connectivity index (χ3n) is 5.36. The van der Waals surface area contributed by atoms with Crippen LogP contribution in [0.3, 0.4) is 0 Å². The molecular formula is C26H25N3O3. The van der Waals surface area contributed by atoms with E-state index < -0.39 is 12.0 Å². The molecule has 6 nitrogen and oxygen atoms in total. The van der Waals surface area contributed by atoms with E-state index in [0.717, 1.165) is 28.1 Å². The second-order valence-electron chi connectivity index (χ2n) is 7.77. The highest BCUT2D eigenvalue weighted by Gasteiger charge is 2.23. The van der Waals surface area contributed by atoms with Crippen molar-refractivity contribution in [2.75, 3.05) is 5.32 Å². The van der Waals surface area contributed by atoms with Crippen LogP contribution < -0.4 is 5.32 Å². The molecule has 0 amide bonds. The van der Waals surface area contributed by atoms with Crippen LogP contribution >= 0.6 is 0 Å². The number of carboxylic acids is 1. The topological polar surface area (TPSA) is 88.2 Å². The summed E-state index contributed by atoms with van der Waals surface area (Å²) < 4.78 is 5.70. The Morgan fingerprint density at radius 3 is 2.38 bits per heavy atom. The molecule has 0 fully saturated rings. The lowest BCUT2D eigenvalue weighted by Gasteiger charge is -2.17. The molecule has 2 aromatic carbocycles. The number of nitrogens with zero attached hydrogens (tertiary/aromatic N) is 2. The van der Waals surface area contributed by atoms with Crippen LogP contribution in [0.25, 0.3) is 11.3 Å². The Morgan fingerprint density at radius 1 is 1.06 bits per heavy atom. The van der Waals surface area contributed by atoms with Gasteiger partial charge in [0.2, 0.25) is 0 Å². The van der Waals surface area contributed by atoms with Crippen molar-refractivity contribution in [1.82, 2.24) is 9.97 Å². The van der Waals surface area contributed by atoms with Crippen molar-refractivity contribution in [2.45, 2.75) is 32.7 Å². The van der Waals surface area contributed by atoms with Gasteiger partial charge < -0.3 is 14.8 Å². The number of aryl methyl sites for hydroxylation is 2. The zero-order valence-electron chi connectivity index (χ0n) is 18.1. The average molecular weight is 428 g/mol. The number of aromatic nitrogens is 2. The lowest BCUT2D eigenvalue weighted by molar-refractivity contribution is -0.138. The van der Waals surface area contributed by atoms with Crippen molar-refractivity contribution >= 4 is 11.8 Å². The molecule has 0 bridgehead atoms. The third kappa shape index (κ3) is 5.03. The van der Waals surface area contributed by atoms with E-state index >= 15 is 0 Å². The highest BCUT2D eigenvalue weighted by molar-refractivity contribution is 5.77. The lowest BCUT2D eigenvalue weighted by atomic mass is 10.1. The first kappa shape index (κ1) is 21.3. The van der Waals surface area contributed by atoms with Gasteiger partial charge in [-0.2, -0.15) is 0 Å². The molecule has 0 spiro atoms. The summed E-state index contributed by atoms with van der Waals surface area (Å²) in [5.74, 6) is 0.900. The molecule has 4 rings (SSSR count). The maximum atomic E-state index is 12.0. The number of aliphatic carboxylic acids is 1. The molecule has 2 heterocycles. The molecule has 6 heteroatoms. The highest BCUT2D eigenvalue weighted by atomic mass is 16.4. The van der Waals surface area contributed by atoms with Crippen molar-refractivity contribution < 1.29 is 14.3 Å². The molecule has 1 atom stereocenters. The first-order valence-electron chi connectivity index (χ1n) is 10.5. The van der Waals surface area contributed by atoms with Crippen LogP contribution in [0.2, 0.25) is 0 Å². The summed E-state index contributed by atoms with van der Waals surface area (Å²) in [7, 11) is 0. The molecule has 2 aromatic heterocycles. The van der Waals surface area contributed by atoms with Gasteiger partial charge in [0.1, 0.15) is 23.4 Å². The van der Waals surface area contributed by atoms with Crippen LogP contribution in [0, 0.1) is 13.8 Å². The van der Waals surface area contributed by atoms with Gasteiger partial charge in [0, 0.05) is 18.4 Å². The molecule has 4 aromatic rings. The number of nitrogens with one attached hydrogen (secondary N) is 1.